The number of benzene rings is 1. The summed E-state index contributed by atoms with van der Waals surface area (Å²) in [6.45, 7) is 3.02. The van der Waals surface area contributed by atoms with Crippen LogP contribution in [0.25, 0.3) is 0 Å². The van der Waals surface area contributed by atoms with Crippen molar-refractivity contribution >= 4 is 5.84 Å². The van der Waals surface area contributed by atoms with Crippen LogP contribution in [0.5, 0.6) is 5.75 Å². The molecule has 4 N–H and O–H groups in total. The summed E-state index contributed by atoms with van der Waals surface area (Å²) in [6.07, 6.45) is 3.74. The van der Waals surface area contributed by atoms with E-state index in [-0.39, 0.29) is 5.84 Å². The van der Waals surface area contributed by atoms with Gasteiger partial charge >= 0.3 is 0 Å². The van der Waals surface area contributed by atoms with Crippen molar-refractivity contribution in [1.82, 2.24) is 5.32 Å². The minimum atomic E-state index is 0.114. The van der Waals surface area contributed by atoms with Gasteiger partial charge in [-0.2, -0.15) is 0 Å². The highest BCUT2D eigenvalue weighted by molar-refractivity contribution is 5.97. The van der Waals surface area contributed by atoms with Gasteiger partial charge in [0.05, 0.1) is 7.11 Å². The molecule has 1 aromatic rings. The Kier molecular flexibility index (Phi) is 4.84. The SMILES string of the molecule is COc1ccc(/C(N)=N/O)cc1CNC1CCC(C)C1. The molecule has 1 fully saturated rings. The lowest BCUT2D eigenvalue weighted by Gasteiger charge is -2.15. The fraction of sp³-hybridized carbons (Fsp3) is 0.533. The Balaban J connectivity index is 2.08. The molecule has 5 nitrogen and oxygen atoms in total. The molecule has 1 aliphatic rings. The van der Waals surface area contributed by atoms with Gasteiger partial charge in [0, 0.05) is 23.7 Å². The lowest BCUT2D eigenvalue weighted by atomic mass is 10.1. The second-order valence-corrected chi connectivity index (χ2v) is 5.51. The van der Waals surface area contributed by atoms with Crippen LogP contribution in [0.3, 0.4) is 0 Å². The Morgan fingerprint density at radius 1 is 1.50 bits per heavy atom. The molecule has 0 amide bonds. The van der Waals surface area contributed by atoms with E-state index in [1.165, 1.54) is 19.3 Å². The van der Waals surface area contributed by atoms with Crippen LogP contribution in [0.1, 0.15) is 37.3 Å². The van der Waals surface area contributed by atoms with Crippen molar-refractivity contribution in [1.29, 1.82) is 0 Å². The zero-order valence-corrected chi connectivity index (χ0v) is 12.1. The number of oxime groups is 1. The van der Waals surface area contributed by atoms with Gasteiger partial charge in [0.15, 0.2) is 5.84 Å². The van der Waals surface area contributed by atoms with Crippen LogP contribution in [-0.4, -0.2) is 24.2 Å². The molecule has 0 heterocycles. The first-order chi connectivity index (χ1) is 9.63. The van der Waals surface area contributed by atoms with Crippen LogP contribution in [0.2, 0.25) is 0 Å². The molecule has 0 saturated heterocycles. The number of hydrogen-bond donors (Lipinski definition) is 3. The van der Waals surface area contributed by atoms with E-state index in [2.05, 4.69) is 17.4 Å². The molecule has 0 aromatic heterocycles. The minimum absolute atomic E-state index is 0.114. The highest BCUT2D eigenvalue weighted by atomic mass is 16.5. The van der Waals surface area contributed by atoms with Crippen LogP contribution < -0.4 is 15.8 Å². The van der Waals surface area contributed by atoms with Crippen molar-refractivity contribution < 1.29 is 9.94 Å². The lowest BCUT2D eigenvalue weighted by Crippen LogP contribution is -2.26. The number of methoxy groups -OCH3 is 1. The number of rotatable bonds is 5. The number of ether oxygens (including phenoxy) is 1. The van der Waals surface area contributed by atoms with E-state index in [0.29, 0.717) is 11.6 Å². The number of hydrogen-bond acceptors (Lipinski definition) is 4. The molecule has 2 unspecified atom stereocenters. The van der Waals surface area contributed by atoms with Crippen molar-refractivity contribution in [2.45, 2.75) is 38.8 Å². The first-order valence-electron chi connectivity index (χ1n) is 7.02. The summed E-state index contributed by atoms with van der Waals surface area (Å²) in [5, 5.41) is 15.4. The highest BCUT2D eigenvalue weighted by Gasteiger charge is 2.21. The maximum absolute atomic E-state index is 8.75. The third-order valence-corrected chi connectivity index (χ3v) is 3.96. The first-order valence-corrected chi connectivity index (χ1v) is 7.02. The van der Waals surface area contributed by atoms with Gasteiger partial charge in [-0.3, -0.25) is 0 Å². The lowest BCUT2D eigenvalue weighted by molar-refractivity contribution is 0.318. The van der Waals surface area contributed by atoms with Gasteiger partial charge in [0.2, 0.25) is 0 Å². The predicted octanol–water partition coefficient (Wildman–Crippen LogP) is 2.07. The second kappa shape index (κ2) is 6.61. The molecular weight excluding hydrogens is 254 g/mol. The van der Waals surface area contributed by atoms with Crippen molar-refractivity contribution in [3.63, 3.8) is 0 Å². The van der Waals surface area contributed by atoms with Gasteiger partial charge in [-0.25, -0.2) is 0 Å². The summed E-state index contributed by atoms with van der Waals surface area (Å²) in [7, 11) is 1.65. The van der Waals surface area contributed by atoms with Crippen LogP contribution in [-0.2, 0) is 6.54 Å². The Labute approximate surface area is 119 Å². The maximum atomic E-state index is 8.75. The summed E-state index contributed by atoms with van der Waals surface area (Å²) in [6, 6.07) is 6.11. The molecule has 20 heavy (non-hydrogen) atoms. The van der Waals surface area contributed by atoms with E-state index in [1.54, 1.807) is 13.2 Å². The summed E-state index contributed by atoms with van der Waals surface area (Å²) in [4.78, 5) is 0. The van der Waals surface area contributed by atoms with E-state index >= 15 is 0 Å². The Morgan fingerprint density at radius 3 is 2.90 bits per heavy atom. The summed E-state index contributed by atoms with van der Waals surface area (Å²) in [5.74, 6) is 1.74. The summed E-state index contributed by atoms with van der Waals surface area (Å²) < 4.78 is 5.37. The molecule has 2 rings (SSSR count). The number of nitrogens with zero attached hydrogens (tertiary/aromatic N) is 1. The molecule has 110 valence electrons. The molecule has 0 bridgehead atoms. The Hall–Kier alpha value is -1.75. The van der Waals surface area contributed by atoms with E-state index < -0.39 is 0 Å². The normalized spacial score (nSPS) is 23.0. The molecular formula is C15H23N3O2. The third kappa shape index (κ3) is 3.42. The molecule has 1 aliphatic carbocycles. The zero-order chi connectivity index (χ0) is 14.5. The van der Waals surface area contributed by atoms with Gasteiger partial charge in [0.25, 0.3) is 0 Å². The quantitative estimate of drug-likeness (QED) is 0.333. The van der Waals surface area contributed by atoms with Crippen molar-refractivity contribution in [3.8, 4) is 5.75 Å². The van der Waals surface area contributed by atoms with Gasteiger partial charge in [-0.1, -0.05) is 12.1 Å². The average Bonchev–Trinajstić information content (AvgIpc) is 2.89. The maximum Gasteiger partial charge on any atom is 0.170 e. The molecule has 1 aromatic carbocycles. The summed E-state index contributed by atoms with van der Waals surface area (Å²) >= 11 is 0. The average molecular weight is 277 g/mol. The minimum Gasteiger partial charge on any atom is -0.496 e. The zero-order valence-electron chi connectivity index (χ0n) is 12.1. The largest absolute Gasteiger partial charge is 0.496 e. The molecule has 0 spiro atoms. The molecule has 5 heteroatoms. The van der Waals surface area contributed by atoms with E-state index in [1.807, 2.05) is 12.1 Å². The van der Waals surface area contributed by atoms with Crippen LogP contribution in [0.15, 0.2) is 23.4 Å². The third-order valence-electron chi connectivity index (χ3n) is 3.96. The van der Waals surface area contributed by atoms with Crippen LogP contribution in [0.4, 0.5) is 0 Å². The van der Waals surface area contributed by atoms with Gasteiger partial charge < -0.3 is 21.0 Å². The number of nitrogens with two attached hydrogens (primary N) is 1. The number of nitrogens with one attached hydrogen (secondary N) is 1. The topological polar surface area (TPSA) is 79.9 Å². The van der Waals surface area contributed by atoms with Gasteiger partial charge in [-0.05, 0) is 43.4 Å². The standard InChI is InChI=1S/C15H23N3O2/c1-10-3-5-13(7-10)17-9-12-8-11(15(16)18-19)4-6-14(12)20-2/h4,6,8,10,13,17,19H,3,5,7,9H2,1-2H3,(H2,16,18). The first kappa shape index (κ1) is 14.7. The number of amidine groups is 1. The fourth-order valence-electron chi connectivity index (χ4n) is 2.78. The van der Waals surface area contributed by atoms with Crippen LogP contribution in [0, 0.1) is 5.92 Å². The molecule has 1 saturated carbocycles. The van der Waals surface area contributed by atoms with E-state index in [9.17, 15) is 0 Å². The van der Waals surface area contributed by atoms with Crippen LogP contribution >= 0.6 is 0 Å². The monoisotopic (exact) mass is 277 g/mol. The molecule has 0 aliphatic heterocycles. The predicted molar refractivity (Wildman–Crippen MR) is 79.1 cm³/mol. The molecule has 2 atom stereocenters. The van der Waals surface area contributed by atoms with Crippen molar-refractivity contribution in [2.24, 2.45) is 16.8 Å². The van der Waals surface area contributed by atoms with E-state index in [4.69, 9.17) is 15.7 Å². The summed E-state index contributed by atoms with van der Waals surface area (Å²) in [5.41, 5.74) is 7.35. The Morgan fingerprint density at radius 2 is 2.30 bits per heavy atom. The van der Waals surface area contributed by atoms with E-state index in [0.717, 1.165) is 23.8 Å². The van der Waals surface area contributed by atoms with Gasteiger partial charge in [0.1, 0.15) is 5.75 Å². The van der Waals surface area contributed by atoms with Crippen molar-refractivity contribution in [2.75, 3.05) is 7.11 Å². The highest BCUT2D eigenvalue weighted by Crippen LogP contribution is 2.26. The van der Waals surface area contributed by atoms with Crippen molar-refractivity contribution in [3.05, 3.63) is 29.3 Å². The Bertz CT molecular complexity index is 488. The smallest absolute Gasteiger partial charge is 0.170 e. The van der Waals surface area contributed by atoms with Gasteiger partial charge in [-0.15, -0.1) is 0 Å². The fourth-order valence-corrected chi connectivity index (χ4v) is 2.78. The molecule has 0 radical (unpaired) electrons. The second-order valence-electron chi connectivity index (χ2n) is 5.51.